The smallest absolute Gasteiger partial charge is 0.270 e. The van der Waals surface area contributed by atoms with Crippen molar-refractivity contribution in [3.63, 3.8) is 0 Å². The molecule has 6 nitrogen and oxygen atoms in total. The Bertz CT molecular complexity index is 1020. The number of hydrogen-bond donors (Lipinski definition) is 0. The van der Waals surface area contributed by atoms with Crippen LogP contribution in [-0.4, -0.2) is 39.3 Å². The molecule has 1 aromatic heterocycles. The maximum absolute atomic E-state index is 13.3. The van der Waals surface area contributed by atoms with Crippen molar-refractivity contribution in [1.29, 1.82) is 5.26 Å². The van der Waals surface area contributed by atoms with Gasteiger partial charge in [-0.05, 0) is 50.7 Å². The number of piperidine rings is 1. The van der Waals surface area contributed by atoms with Crippen LogP contribution in [0.15, 0.2) is 9.70 Å². The third-order valence-electron chi connectivity index (χ3n) is 6.12. The summed E-state index contributed by atoms with van der Waals surface area (Å²) in [5.41, 5.74) is 1.38. The van der Waals surface area contributed by atoms with E-state index >= 15 is 0 Å². The van der Waals surface area contributed by atoms with Gasteiger partial charge in [0.1, 0.15) is 21.8 Å². The fraction of sp³-hybridized carbons (Fsp3) is 0.583. The second-order valence-electron chi connectivity index (χ2n) is 8.39. The normalized spacial score (nSPS) is 18.0. The predicted octanol–water partition coefficient (Wildman–Crippen LogP) is 4.82. The summed E-state index contributed by atoms with van der Waals surface area (Å²) >= 11 is 6.79. The van der Waals surface area contributed by atoms with Gasteiger partial charge in [0, 0.05) is 31.7 Å². The molecular formula is C24H32N4O2S2. The summed E-state index contributed by atoms with van der Waals surface area (Å²) in [6.07, 6.45) is 8.88. The average Bonchev–Trinajstić information content (AvgIpc) is 3.06. The van der Waals surface area contributed by atoms with Crippen LogP contribution in [0.5, 0.6) is 0 Å². The Morgan fingerprint density at radius 2 is 1.75 bits per heavy atom. The Morgan fingerprint density at radius 3 is 2.38 bits per heavy atom. The third kappa shape index (κ3) is 4.94. The number of hydrogen-bond acceptors (Lipinski definition) is 6. The minimum absolute atomic E-state index is 0.0812. The number of unbranched alkanes of at least 4 members (excludes halogenated alkanes) is 2. The van der Waals surface area contributed by atoms with Crippen molar-refractivity contribution in [2.24, 2.45) is 0 Å². The molecule has 3 rings (SSSR count). The molecule has 0 aliphatic carbocycles. The van der Waals surface area contributed by atoms with Gasteiger partial charge in [-0.15, -0.1) is 0 Å². The second-order valence-corrected chi connectivity index (χ2v) is 10.1. The lowest BCUT2D eigenvalue weighted by molar-refractivity contribution is -0.122. The number of anilines is 1. The van der Waals surface area contributed by atoms with Crippen LogP contribution < -0.4 is 10.5 Å². The van der Waals surface area contributed by atoms with Crippen molar-refractivity contribution in [3.05, 3.63) is 31.9 Å². The summed E-state index contributed by atoms with van der Waals surface area (Å²) in [5, 5.41) is 9.77. The number of carbonyl (C=O) groups excluding carboxylic acids is 1. The number of pyridine rings is 1. The summed E-state index contributed by atoms with van der Waals surface area (Å²) < 4.78 is 2.34. The number of nitriles is 1. The van der Waals surface area contributed by atoms with Crippen LogP contribution in [0.25, 0.3) is 6.08 Å². The van der Waals surface area contributed by atoms with Gasteiger partial charge in [-0.2, -0.15) is 5.26 Å². The molecule has 2 fully saturated rings. The molecule has 3 heterocycles. The summed E-state index contributed by atoms with van der Waals surface area (Å²) in [6.45, 7) is 8.92. The molecule has 0 bridgehead atoms. The maximum atomic E-state index is 13.3. The van der Waals surface area contributed by atoms with Gasteiger partial charge in [0.2, 0.25) is 0 Å². The molecule has 2 aliphatic heterocycles. The van der Waals surface area contributed by atoms with Crippen molar-refractivity contribution in [1.82, 2.24) is 9.47 Å². The zero-order chi connectivity index (χ0) is 23.3. The maximum Gasteiger partial charge on any atom is 0.270 e. The van der Waals surface area contributed by atoms with E-state index in [0.29, 0.717) is 27.9 Å². The van der Waals surface area contributed by atoms with E-state index in [2.05, 4.69) is 24.8 Å². The number of amides is 1. The Kier molecular flexibility index (Phi) is 8.55. The second kappa shape index (κ2) is 11.2. The monoisotopic (exact) mass is 472 g/mol. The SMILES string of the molecule is CCCCN1C(=O)/C(=C\c2c(C)c(C#N)c(=O)n(CCCC)c2N2CCCCC2)SC1=S. The molecule has 8 heteroatoms. The molecule has 2 saturated heterocycles. The Labute approximate surface area is 200 Å². The summed E-state index contributed by atoms with van der Waals surface area (Å²) in [6, 6.07) is 2.12. The van der Waals surface area contributed by atoms with E-state index in [0.717, 1.165) is 63.0 Å². The molecule has 0 spiro atoms. The zero-order valence-corrected chi connectivity index (χ0v) is 20.9. The molecule has 172 valence electrons. The first-order chi connectivity index (χ1) is 15.4. The molecule has 0 unspecified atom stereocenters. The Balaban J connectivity index is 2.18. The summed E-state index contributed by atoms with van der Waals surface area (Å²) in [7, 11) is 0. The van der Waals surface area contributed by atoms with E-state index in [1.807, 2.05) is 13.0 Å². The van der Waals surface area contributed by atoms with Crippen molar-refractivity contribution in [2.45, 2.75) is 72.3 Å². The number of rotatable bonds is 8. The molecule has 1 aromatic rings. The summed E-state index contributed by atoms with van der Waals surface area (Å²) in [5.74, 6) is 0.765. The van der Waals surface area contributed by atoms with Crippen molar-refractivity contribution >= 4 is 46.1 Å². The number of aromatic nitrogens is 1. The zero-order valence-electron chi connectivity index (χ0n) is 19.3. The van der Waals surface area contributed by atoms with Gasteiger partial charge in [0.05, 0.1) is 4.91 Å². The molecule has 0 N–H and O–H groups in total. The lowest BCUT2D eigenvalue weighted by atomic mass is 10.0. The van der Waals surface area contributed by atoms with Crippen LogP contribution >= 0.6 is 24.0 Å². The molecule has 0 aromatic carbocycles. The summed E-state index contributed by atoms with van der Waals surface area (Å²) in [4.78, 5) is 30.9. The van der Waals surface area contributed by atoms with Gasteiger partial charge in [0.15, 0.2) is 0 Å². The highest BCUT2D eigenvalue weighted by molar-refractivity contribution is 8.26. The van der Waals surface area contributed by atoms with Crippen LogP contribution in [-0.2, 0) is 11.3 Å². The quantitative estimate of drug-likeness (QED) is 0.399. The van der Waals surface area contributed by atoms with Gasteiger partial charge in [0.25, 0.3) is 11.5 Å². The van der Waals surface area contributed by atoms with E-state index in [9.17, 15) is 14.9 Å². The van der Waals surface area contributed by atoms with Crippen molar-refractivity contribution in [2.75, 3.05) is 24.5 Å². The standard InChI is InChI=1S/C24H32N4O2S2/c1-4-6-13-27-21(26-11-9-8-10-12-26)18(17(3)19(16-25)22(27)29)15-20-23(30)28(14-7-5-2)24(31)32-20/h15H,4-14H2,1-3H3/b20-15+. The van der Waals surface area contributed by atoms with Crippen LogP contribution in [0, 0.1) is 18.3 Å². The first kappa shape index (κ1) is 24.5. The van der Waals surface area contributed by atoms with Crippen molar-refractivity contribution < 1.29 is 4.79 Å². The van der Waals surface area contributed by atoms with Crippen LogP contribution in [0.4, 0.5) is 5.82 Å². The van der Waals surface area contributed by atoms with E-state index in [4.69, 9.17) is 12.2 Å². The molecule has 0 saturated carbocycles. The topological polar surface area (TPSA) is 69.3 Å². The van der Waals surface area contributed by atoms with E-state index in [1.54, 1.807) is 9.47 Å². The van der Waals surface area contributed by atoms with Gasteiger partial charge < -0.3 is 4.90 Å². The number of thiocarbonyl (C=S) groups is 1. The van der Waals surface area contributed by atoms with Crippen molar-refractivity contribution in [3.8, 4) is 6.07 Å². The highest BCUT2D eigenvalue weighted by Gasteiger charge is 2.33. The van der Waals surface area contributed by atoms with Gasteiger partial charge in [-0.3, -0.25) is 19.1 Å². The third-order valence-corrected chi connectivity index (χ3v) is 7.50. The van der Waals surface area contributed by atoms with Crippen LogP contribution in [0.3, 0.4) is 0 Å². The molecular weight excluding hydrogens is 440 g/mol. The van der Waals surface area contributed by atoms with Gasteiger partial charge in [-0.1, -0.05) is 50.7 Å². The Morgan fingerprint density at radius 1 is 1.09 bits per heavy atom. The predicted molar refractivity (Wildman–Crippen MR) is 136 cm³/mol. The largest absolute Gasteiger partial charge is 0.357 e. The highest BCUT2D eigenvalue weighted by Crippen LogP contribution is 2.36. The first-order valence-electron chi connectivity index (χ1n) is 11.6. The molecule has 0 atom stereocenters. The number of carbonyl (C=O) groups is 1. The van der Waals surface area contributed by atoms with E-state index in [-0.39, 0.29) is 17.0 Å². The number of nitrogens with zero attached hydrogens (tertiary/aromatic N) is 4. The van der Waals surface area contributed by atoms with Crippen LogP contribution in [0.2, 0.25) is 0 Å². The minimum atomic E-state index is -0.230. The first-order valence-corrected chi connectivity index (χ1v) is 12.8. The van der Waals surface area contributed by atoms with Gasteiger partial charge in [-0.25, -0.2) is 0 Å². The van der Waals surface area contributed by atoms with Crippen LogP contribution in [0.1, 0.15) is 75.5 Å². The Hall–Kier alpha value is -2.11. The minimum Gasteiger partial charge on any atom is -0.357 e. The molecule has 2 aliphatic rings. The highest BCUT2D eigenvalue weighted by atomic mass is 32.2. The fourth-order valence-corrected chi connectivity index (χ4v) is 5.54. The molecule has 32 heavy (non-hydrogen) atoms. The fourth-order valence-electron chi connectivity index (χ4n) is 4.25. The molecule has 1 amide bonds. The number of thioether (sulfide) groups is 1. The average molecular weight is 473 g/mol. The molecule has 0 radical (unpaired) electrons. The van der Waals surface area contributed by atoms with E-state index in [1.165, 1.54) is 18.2 Å². The van der Waals surface area contributed by atoms with E-state index < -0.39 is 0 Å². The lowest BCUT2D eigenvalue weighted by Gasteiger charge is -2.33. The van der Waals surface area contributed by atoms with Gasteiger partial charge >= 0.3 is 0 Å². The lowest BCUT2D eigenvalue weighted by Crippen LogP contribution is -2.37.